The summed E-state index contributed by atoms with van der Waals surface area (Å²) in [5, 5.41) is 3.65. The van der Waals surface area contributed by atoms with Crippen molar-refractivity contribution in [3.63, 3.8) is 0 Å². The van der Waals surface area contributed by atoms with E-state index in [9.17, 15) is 8.42 Å². The van der Waals surface area contributed by atoms with E-state index in [-0.39, 0.29) is 30.4 Å². The van der Waals surface area contributed by atoms with E-state index >= 15 is 4.39 Å². The van der Waals surface area contributed by atoms with Crippen LogP contribution in [0.5, 0.6) is 5.88 Å². The van der Waals surface area contributed by atoms with Crippen LogP contribution in [0, 0.1) is 0 Å². The van der Waals surface area contributed by atoms with Crippen molar-refractivity contribution in [1.82, 2.24) is 19.6 Å². The molecule has 0 aromatic carbocycles. The molecule has 0 bridgehead atoms. The first kappa shape index (κ1) is 25.7. The summed E-state index contributed by atoms with van der Waals surface area (Å²) in [6.07, 6.45) is 1.98. The Morgan fingerprint density at radius 1 is 1.18 bits per heavy atom. The number of alkyl halides is 1. The van der Waals surface area contributed by atoms with Crippen LogP contribution in [0.3, 0.4) is 0 Å². The van der Waals surface area contributed by atoms with Crippen LogP contribution in [0.4, 0.5) is 4.39 Å². The van der Waals surface area contributed by atoms with Crippen molar-refractivity contribution in [2.24, 2.45) is 0 Å². The normalized spacial score (nSPS) is 23.4. The van der Waals surface area contributed by atoms with Gasteiger partial charge in [-0.05, 0) is 19.8 Å². The number of fused-ring (bicyclic) bond motifs is 1. The third kappa shape index (κ3) is 5.97. The number of hydrogen-bond acceptors (Lipinski definition) is 9. The molecule has 2 aromatic heterocycles. The van der Waals surface area contributed by atoms with Gasteiger partial charge in [0.2, 0.25) is 15.5 Å². The molecule has 3 heterocycles. The van der Waals surface area contributed by atoms with Crippen LogP contribution in [0.1, 0.15) is 58.3 Å². The maximum Gasteiger partial charge on any atom is 0.268 e. The van der Waals surface area contributed by atoms with Crippen LogP contribution in [-0.4, -0.2) is 79.1 Å². The van der Waals surface area contributed by atoms with Gasteiger partial charge < -0.3 is 18.9 Å². The number of ether oxygens (including phenoxy) is 4. The second-order valence-electron chi connectivity index (χ2n) is 7.98. The van der Waals surface area contributed by atoms with Crippen molar-refractivity contribution in [3.8, 4) is 5.88 Å². The third-order valence-corrected chi connectivity index (χ3v) is 6.10. The van der Waals surface area contributed by atoms with Gasteiger partial charge in [-0.1, -0.05) is 26.7 Å². The average molecular weight is 489 g/mol. The van der Waals surface area contributed by atoms with Crippen molar-refractivity contribution in [2.45, 2.75) is 76.1 Å². The zero-order valence-corrected chi connectivity index (χ0v) is 20.4. The van der Waals surface area contributed by atoms with Gasteiger partial charge in [-0.3, -0.25) is 0 Å². The molecular weight excluding hydrogens is 455 g/mol. The summed E-state index contributed by atoms with van der Waals surface area (Å²) in [6.45, 7) is 7.23. The van der Waals surface area contributed by atoms with E-state index < -0.39 is 39.5 Å². The SMILES string of the molecule is CCCCOC[C@H]1OC(c2cnc3c(OCC)nc(S(C)(=O)=O)nn23)[C@H](F)[C@@H]1OCCCC. The van der Waals surface area contributed by atoms with E-state index in [1.807, 2.05) is 6.92 Å². The van der Waals surface area contributed by atoms with E-state index in [0.29, 0.717) is 13.2 Å². The largest absolute Gasteiger partial charge is 0.475 e. The van der Waals surface area contributed by atoms with Crippen LogP contribution in [0.25, 0.3) is 5.65 Å². The molecule has 2 aromatic rings. The number of rotatable bonds is 13. The van der Waals surface area contributed by atoms with Crippen LogP contribution in [0.15, 0.2) is 11.4 Å². The summed E-state index contributed by atoms with van der Waals surface area (Å²) in [5.41, 5.74) is 0.437. The van der Waals surface area contributed by atoms with E-state index in [0.717, 1.165) is 31.9 Å². The molecule has 0 N–H and O–H groups in total. The molecule has 0 amide bonds. The van der Waals surface area contributed by atoms with Crippen molar-refractivity contribution in [2.75, 3.05) is 32.7 Å². The fourth-order valence-corrected chi connectivity index (χ4v) is 4.01. The molecule has 10 nitrogen and oxygen atoms in total. The standard InChI is InChI=1S/C21H33FN4O6S/c1-5-8-10-29-13-15-18(31-11-9-6-2)16(22)17(32-15)14-12-23-19-20(30-7-3)24-21(25-26(14)19)33(4,27)28/h12,15-18H,5-11,13H2,1-4H3/t15-,16+,17?,18-/m1/s1. The molecule has 0 saturated carbocycles. The molecule has 1 fully saturated rings. The summed E-state index contributed by atoms with van der Waals surface area (Å²) in [5.74, 6) is 0.00257. The molecule has 1 saturated heterocycles. The Morgan fingerprint density at radius 3 is 2.58 bits per heavy atom. The number of nitrogens with zero attached hydrogens (tertiary/aromatic N) is 4. The van der Waals surface area contributed by atoms with Crippen LogP contribution >= 0.6 is 0 Å². The number of aromatic nitrogens is 4. The number of sulfone groups is 1. The second kappa shape index (κ2) is 11.5. The second-order valence-corrected chi connectivity index (χ2v) is 9.89. The first-order chi connectivity index (χ1) is 15.8. The van der Waals surface area contributed by atoms with Gasteiger partial charge in [-0.2, -0.15) is 4.98 Å². The minimum atomic E-state index is -3.75. The van der Waals surface area contributed by atoms with Gasteiger partial charge in [0.15, 0.2) is 6.17 Å². The molecule has 1 aliphatic heterocycles. The first-order valence-electron chi connectivity index (χ1n) is 11.4. The van der Waals surface area contributed by atoms with Gasteiger partial charge in [0, 0.05) is 19.5 Å². The minimum Gasteiger partial charge on any atom is -0.475 e. The molecule has 12 heteroatoms. The van der Waals surface area contributed by atoms with Gasteiger partial charge in [-0.15, -0.1) is 5.10 Å². The fraction of sp³-hybridized carbons (Fsp3) is 0.762. The summed E-state index contributed by atoms with van der Waals surface area (Å²) >= 11 is 0. The Bertz CT molecular complexity index is 1020. The Morgan fingerprint density at radius 2 is 1.91 bits per heavy atom. The van der Waals surface area contributed by atoms with Crippen LogP contribution in [-0.2, 0) is 24.0 Å². The summed E-state index contributed by atoms with van der Waals surface area (Å²) in [7, 11) is -3.75. The molecule has 33 heavy (non-hydrogen) atoms. The lowest BCUT2D eigenvalue weighted by Crippen LogP contribution is -2.34. The van der Waals surface area contributed by atoms with E-state index in [1.54, 1.807) is 6.92 Å². The predicted octanol–water partition coefficient (Wildman–Crippen LogP) is 2.71. The third-order valence-electron chi connectivity index (χ3n) is 5.27. The van der Waals surface area contributed by atoms with E-state index in [4.69, 9.17) is 18.9 Å². The lowest BCUT2D eigenvalue weighted by molar-refractivity contribution is -0.0673. The smallest absolute Gasteiger partial charge is 0.268 e. The lowest BCUT2D eigenvalue weighted by Gasteiger charge is -2.20. The van der Waals surface area contributed by atoms with Crippen LogP contribution in [0.2, 0.25) is 0 Å². The zero-order valence-electron chi connectivity index (χ0n) is 19.6. The molecule has 4 atom stereocenters. The molecule has 0 radical (unpaired) electrons. The maximum absolute atomic E-state index is 15.6. The highest BCUT2D eigenvalue weighted by atomic mass is 32.2. The maximum atomic E-state index is 15.6. The molecule has 0 spiro atoms. The molecule has 186 valence electrons. The topological polar surface area (TPSA) is 114 Å². The van der Waals surface area contributed by atoms with Crippen molar-refractivity contribution in [3.05, 3.63) is 11.9 Å². The van der Waals surface area contributed by atoms with Gasteiger partial charge in [0.05, 0.1) is 25.1 Å². The fourth-order valence-electron chi connectivity index (χ4n) is 3.53. The molecule has 0 aliphatic carbocycles. The lowest BCUT2D eigenvalue weighted by atomic mass is 10.1. The Labute approximate surface area is 193 Å². The van der Waals surface area contributed by atoms with Gasteiger partial charge >= 0.3 is 0 Å². The monoisotopic (exact) mass is 488 g/mol. The van der Waals surface area contributed by atoms with Crippen molar-refractivity contribution >= 4 is 15.5 Å². The average Bonchev–Trinajstić information content (AvgIpc) is 3.32. The van der Waals surface area contributed by atoms with Crippen molar-refractivity contribution in [1.29, 1.82) is 0 Å². The molecule has 1 unspecified atom stereocenters. The highest BCUT2D eigenvalue weighted by Gasteiger charge is 2.48. The number of hydrogen-bond donors (Lipinski definition) is 0. The molecular formula is C21H33FN4O6S. The summed E-state index contributed by atoms with van der Waals surface area (Å²) in [6, 6.07) is 0. The number of imidazole rings is 1. The quantitative estimate of drug-likeness (QED) is 0.393. The molecule has 3 rings (SSSR count). The van der Waals surface area contributed by atoms with Crippen molar-refractivity contribution < 1.29 is 31.8 Å². The number of unbranched alkanes of at least 4 members (excludes halogenated alkanes) is 2. The first-order valence-corrected chi connectivity index (χ1v) is 13.3. The Hall–Kier alpha value is -1.89. The minimum absolute atomic E-state index is 0.00257. The highest BCUT2D eigenvalue weighted by molar-refractivity contribution is 7.90. The number of halogens is 1. The highest BCUT2D eigenvalue weighted by Crippen LogP contribution is 2.38. The molecule has 1 aliphatic rings. The Balaban J connectivity index is 1.94. The van der Waals surface area contributed by atoms with Crippen LogP contribution < -0.4 is 4.74 Å². The predicted molar refractivity (Wildman–Crippen MR) is 118 cm³/mol. The van der Waals surface area contributed by atoms with Gasteiger partial charge in [-0.25, -0.2) is 22.3 Å². The van der Waals surface area contributed by atoms with Gasteiger partial charge in [0.1, 0.15) is 18.3 Å². The Kier molecular flexibility index (Phi) is 8.96. The zero-order chi connectivity index (χ0) is 24.0. The van der Waals surface area contributed by atoms with E-state index in [2.05, 4.69) is 22.0 Å². The van der Waals surface area contributed by atoms with Gasteiger partial charge in [0.25, 0.3) is 11.0 Å². The summed E-state index contributed by atoms with van der Waals surface area (Å²) < 4.78 is 64.1. The van der Waals surface area contributed by atoms with E-state index in [1.165, 1.54) is 10.7 Å². The summed E-state index contributed by atoms with van der Waals surface area (Å²) in [4.78, 5) is 8.23.